The number of likely N-dealkylation sites (tertiary alicyclic amines) is 1. The molecule has 1 aliphatic heterocycles. The quantitative estimate of drug-likeness (QED) is 0.302. The second-order valence-electron chi connectivity index (χ2n) is 9.54. The van der Waals surface area contributed by atoms with Crippen LogP contribution in [-0.2, 0) is 25.6 Å². The Morgan fingerprint density at radius 3 is 2.41 bits per heavy atom. The molecule has 1 fully saturated rings. The van der Waals surface area contributed by atoms with Crippen molar-refractivity contribution >= 4 is 18.2 Å². The van der Waals surface area contributed by atoms with E-state index in [9.17, 15) is 14.4 Å². The average Bonchev–Trinajstić information content (AvgIpc) is 2.79. The van der Waals surface area contributed by atoms with Crippen LogP contribution in [0.4, 0.5) is 9.59 Å². The van der Waals surface area contributed by atoms with Crippen LogP contribution in [-0.4, -0.2) is 65.3 Å². The van der Waals surface area contributed by atoms with Gasteiger partial charge in [0.25, 0.3) is 0 Å². The highest BCUT2D eigenvalue weighted by atomic mass is 16.6. The summed E-state index contributed by atoms with van der Waals surface area (Å²) in [6.45, 7) is 11.1. The van der Waals surface area contributed by atoms with Gasteiger partial charge in [-0.25, -0.2) is 14.4 Å². The molecule has 2 amide bonds. The number of rotatable bonds is 8. The molecule has 0 aliphatic carbocycles. The SMILES string of the molecule is C=CCC1CCC[C@H](CN(C(=O)OCc2ccccc2)[C@@H](C)C(=O)OC)N1C(=O)OC(C)(C)C. The third-order valence-electron chi connectivity index (χ3n) is 5.76. The Bertz CT molecular complexity index is 835. The van der Waals surface area contributed by atoms with Crippen LogP contribution in [0.1, 0.15) is 58.9 Å². The van der Waals surface area contributed by atoms with Gasteiger partial charge in [0.05, 0.1) is 13.2 Å². The standard InChI is InChI=1S/C26H38N2O6/c1-7-12-21-15-11-16-22(28(21)25(31)34-26(3,4)5)17-27(19(2)23(29)32-6)24(30)33-18-20-13-9-8-10-14-20/h7-10,13-14,19,21-22H,1,11-12,15-18H2,2-6H3/t19-,21?,22+/m0/s1. The van der Waals surface area contributed by atoms with Crippen LogP contribution in [0.2, 0.25) is 0 Å². The Balaban J connectivity index is 2.27. The van der Waals surface area contributed by atoms with E-state index in [1.54, 1.807) is 17.9 Å². The smallest absolute Gasteiger partial charge is 0.410 e. The van der Waals surface area contributed by atoms with Gasteiger partial charge in [0, 0.05) is 12.6 Å². The van der Waals surface area contributed by atoms with Crippen molar-refractivity contribution in [1.82, 2.24) is 9.80 Å². The van der Waals surface area contributed by atoms with Crippen molar-refractivity contribution in [3.8, 4) is 0 Å². The van der Waals surface area contributed by atoms with Gasteiger partial charge in [-0.15, -0.1) is 6.58 Å². The lowest BCUT2D eigenvalue weighted by molar-refractivity contribution is -0.146. The van der Waals surface area contributed by atoms with Crippen molar-refractivity contribution < 1.29 is 28.6 Å². The van der Waals surface area contributed by atoms with E-state index >= 15 is 0 Å². The first-order valence-electron chi connectivity index (χ1n) is 11.7. The van der Waals surface area contributed by atoms with Crippen LogP contribution in [0.5, 0.6) is 0 Å². The third-order valence-corrected chi connectivity index (χ3v) is 5.76. The predicted molar refractivity (Wildman–Crippen MR) is 129 cm³/mol. The second kappa shape index (κ2) is 12.4. The fourth-order valence-corrected chi connectivity index (χ4v) is 4.10. The minimum absolute atomic E-state index is 0.0730. The van der Waals surface area contributed by atoms with E-state index < -0.39 is 29.8 Å². The van der Waals surface area contributed by atoms with E-state index in [4.69, 9.17) is 14.2 Å². The average molecular weight is 475 g/mol. The number of amides is 2. The first-order valence-corrected chi connectivity index (χ1v) is 11.7. The number of esters is 1. The fourth-order valence-electron chi connectivity index (χ4n) is 4.10. The van der Waals surface area contributed by atoms with Crippen molar-refractivity contribution in [2.75, 3.05) is 13.7 Å². The molecule has 34 heavy (non-hydrogen) atoms. The monoisotopic (exact) mass is 474 g/mol. The number of carbonyl (C=O) groups excluding carboxylic acids is 3. The molecule has 8 nitrogen and oxygen atoms in total. The molecule has 1 heterocycles. The lowest BCUT2D eigenvalue weighted by Crippen LogP contribution is -2.57. The molecule has 1 aliphatic rings. The van der Waals surface area contributed by atoms with Gasteiger partial charge in [-0.3, -0.25) is 4.90 Å². The minimum Gasteiger partial charge on any atom is -0.467 e. The van der Waals surface area contributed by atoms with Crippen LogP contribution in [0.25, 0.3) is 0 Å². The van der Waals surface area contributed by atoms with Gasteiger partial charge in [-0.05, 0) is 58.9 Å². The van der Waals surface area contributed by atoms with Gasteiger partial charge in [0.15, 0.2) is 0 Å². The van der Waals surface area contributed by atoms with Crippen molar-refractivity contribution in [1.29, 1.82) is 0 Å². The van der Waals surface area contributed by atoms with E-state index in [2.05, 4.69) is 6.58 Å². The lowest BCUT2D eigenvalue weighted by atomic mass is 9.93. The molecule has 0 radical (unpaired) electrons. The maximum absolute atomic E-state index is 13.2. The van der Waals surface area contributed by atoms with Crippen molar-refractivity contribution in [3.05, 3.63) is 48.6 Å². The highest BCUT2D eigenvalue weighted by Crippen LogP contribution is 2.29. The molecule has 8 heteroatoms. The third kappa shape index (κ3) is 7.78. The molecule has 1 unspecified atom stereocenters. The van der Waals surface area contributed by atoms with Crippen LogP contribution in [0.3, 0.4) is 0 Å². The number of carbonyl (C=O) groups is 3. The zero-order valence-corrected chi connectivity index (χ0v) is 21.0. The topological polar surface area (TPSA) is 85.4 Å². The van der Waals surface area contributed by atoms with Crippen LogP contribution in [0, 0.1) is 0 Å². The number of nitrogens with zero attached hydrogens (tertiary/aromatic N) is 2. The molecule has 0 spiro atoms. The Kier molecular flexibility index (Phi) is 9.96. The second-order valence-corrected chi connectivity index (χ2v) is 9.54. The van der Waals surface area contributed by atoms with Gasteiger partial charge in [-0.1, -0.05) is 36.4 Å². The summed E-state index contributed by atoms with van der Waals surface area (Å²) in [4.78, 5) is 41.7. The van der Waals surface area contributed by atoms with E-state index in [-0.39, 0.29) is 25.2 Å². The summed E-state index contributed by atoms with van der Waals surface area (Å²) in [6.07, 6.45) is 3.68. The Morgan fingerprint density at radius 1 is 1.18 bits per heavy atom. The van der Waals surface area contributed by atoms with Crippen LogP contribution >= 0.6 is 0 Å². The number of hydrogen-bond donors (Lipinski definition) is 0. The molecule has 0 N–H and O–H groups in total. The Morgan fingerprint density at radius 2 is 1.82 bits per heavy atom. The summed E-state index contributed by atoms with van der Waals surface area (Å²) in [5.74, 6) is -0.557. The predicted octanol–water partition coefficient (Wildman–Crippen LogP) is 4.92. The van der Waals surface area contributed by atoms with Gasteiger partial charge < -0.3 is 19.1 Å². The highest BCUT2D eigenvalue weighted by molar-refractivity contribution is 5.81. The fraction of sp³-hybridized carbons (Fsp3) is 0.577. The zero-order chi connectivity index (χ0) is 25.3. The molecule has 3 atom stereocenters. The molecule has 1 aromatic rings. The molecule has 0 bridgehead atoms. The number of hydrogen-bond acceptors (Lipinski definition) is 6. The molecule has 2 rings (SSSR count). The summed E-state index contributed by atoms with van der Waals surface area (Å²) in [7, 11) is 1.28. The normalized spacial score (nSPS) is 19.0. The van der Waals surface area contributed by atoms with E-state index in [0.717, 1.165) is 18.4 Å². The number of ether oxygens (including phenoxy) is 3. The van der Waals surface area contributed by atoms with Crippen molar-refractivity contribution in [3.63, 3.8) is 0 Å². The van der Waals surface area contributed by atoms with E-state index in [1.807, 2.05) is 51.1 Å². The molecule has 0 aromatic heterocycles. The first kappa shape index (κ1) is 27.2. The molecule has 1 aromatic carbocycles. The van der Waals surface area contributed by atoms with Crippen molar-refractivity contribution in [2.24, 2.45) is 0 Å². The Hall–Kier alpha value is -3.03. The number of methoxy groups -OCH3 is 1. The van der Waals surface area contributed by atoms with Gasteiger partial charge in [-0.2, -0.15) is 0 Å². The maximum Gasteiger partial charge on any atom is 0.410 e. The maximum atomic E-state index is 13.2. The molecular weight excluding hydrogens is 436 g/mol. The highest BCUT2D eigenvalue weighted by Gasteiger charge is 2.40. The molecular formula is C26H38N2O6. The van der Waals surface area contributed by atoms with Crippen molar-refractivity contribution in [2.45, 2.75) is 83.7 Å². The van der Waals surface area contributed by atoms with Crippen LogP contribution in [0.15, 0.2) is 43.0 Å². The van der Waals surface area contributed by atoms with E-state index in [0.29, 0.717) is 12.8 Å². The molecule has 1 saturated heterocycles. The van der Waals surface area contributed by atoms with Gasteiger partial charge in [0.2, 0.25) is 0 Å². The number of piperidine rings is 1. The summed E-state index contributed by atoms with van der Waals surface area (Å²) < 4.78 is 16.1. The zero-order valence-electron chi connectivity index (χ0n) is 21.0. The summed E-state index contributed by atoms with van der Waals surface area (Å²) in [6, 6.07) is 7.99. The summed E-state index contributed by atoms with van der Waals surface area (Å²) in [5.41, 5.74) is 0.173. The van der Waals surface area contributed by atoms with Gasteiger partial charge >= 0.3 is 18.2 Å². The largest absolute Gasteiger partial charge is 0.467 e. The molecule has 188 valence electrons. The number of benzene rings is 1. The summed E-state index contributed by atoms with van der Waals surface area (Å²) in [5, 5.41) is 0. The summed E-state index contributed by atoms with van der Waals surface area (Å²) >= 11 is 0. The Labute approximate surface area is 202 Å². The first-order chi connectivity index (χ1) is 16.1. The molecule has 0 saturated carbocycles. The van der Waals surface area contributed by atoms with Crippen LogP contribution < -0.4 is 0 Å². The lowest BCUT2D eigenvalue weighted by Gasteiger charge is -2.44. The minimum atomic E-state index is -0.881. The van der Waals surface area contributed by atoms with E-state index in [1.165, 1.54) is 12.0 Å². The van der Waals surface area contributed by atoms with Gasteiger partial charge in [0.1, 0.15) is 18.2 Å².